The minimum atomic E-state index is -0.212. The Hall–Kier alpha value is -1.09. The van der Waals surface area contributed by atoms with E-state index in [1.54, 1.807) is 6.07 Å². The number of halogens is 1. The van der Waals surface area contributed by atoms with E-state index in [9.17, 15) is 4.39 Å². The van der Waals surface area contributed by atoms with Crippen LogP contribution in [0.15, 0.2) is 18.2 Å². The molecular weight excluding hydrogens is 229 g/mol. The van der Waals surface area contributed by atoms with E-state index in [4.69, 9.17) is 4.74 Å². The lowest BCUT2D eigenvalue weighted by molar-refractivity contribution is 0.206. The summed E-state index contributed by atoms with van der Waals surface area (Å²) in [5, 5.41) is 3.37. The molecule has 0 radical (unpaired) electrons. The second kappa shape index (κ2) is 8.09. The highest BCUT2D eigenvalue weighted by atomic mass is 19.1. The Morgan fingerprint density at radius 3 is 2.78 bits per heavy atom. The van der Waals surface area contributed by atoms with Crippen LogP contribution < -0.4 is 10.1 Å². The SMILES string of the molecule is CCCNCCCC(C)Oc1ccc(F)cc1C. The Bertz CT molecular complexity index is 354. The lowest BCUT2D eigenvalue weighted by Crippen LogP contribution is -2.19. The second-order valence-electron chi connectivity index (χ2n) is 4.73. The largest absolute Gasteiger partial charge is 0.490 e. The molecule has 0 saturated carbocycles. The molecule has 1 aromatic rings. The van der Waals surface area contributed by atoms with Crippen molar-refractivity contribution in [3.05, 3.63) is 29.6 Å². The Morgan fingerprint density at radius 1 is 1.33 bits per heavy atom. The first-order valence-corrected chi connectivity index (χ1v) is 6.77. The highest BCUT2D eigenvalue weighted by Gasteiger charge is 2.06. The molecule has 0 amide bonds. The molecule has 1 N–H and O–H groups in total. The summed E-state index contributed by atoms with van der Waals surface area (Å²) in [6.45, 7) is 8.20. The number of aryl methyl sites for hydroxylation is 1. The van der Waals surface area contributed by atoms with Gasteiger partial charge >= 0.3 is 0 Å². The first-order chi connectivity index (χ1) is 8.63. The molecule has 0 fully saturated rings. The summed E-state index contributed by atoms with van der Waals surface area (Å²) in [6.07, 6.45) is 3.44. The van der Waals surface area contributed by atoms with E-state index >= 15 is 0 Å². The van der Waals surface area contributed by atoms with Crippen LogP contribution in [0.3, 0.4) is 0 Å². The van der Waals surface area contributed by atoms with Gasteiger partial charge in [-0.1, -0.05) is 6.92 Å². The third-order valence-corrected chi connectivity index (χ3v) is 2.86. The van der Waals surface area contributed by atoms with Crippen molar-refractivity contribution in [3.63, 3.8) is 0 Å². The number of hydrogen-bond donors (Lipinski definition) is 1. The lowest BCUT2D eigenvalue weighted by Gasteiger charge is -2.16. The fourth-order valence-corrected chi connectivity index (χ4v) is 1.84. The van der Waals surface area contributed by atoms with Gasteiger partial charge in [0.15, 0.2) is 0 Å². The third-order valence-electron chi connectivity index (χ3n) is 2.86. The van der Waals surface area contributed by atoms with Crippen molar-refractivity contribution >= 4 is 0 Å². The standard InChI is InChI=1S/C15H24FNO/c1-4-9-17-10-5-6-13(3)18-15-8-7-14(16)11-12(15)2/h7-8,11,13,17H,4-6,9-10H2,1-3H3. The van der Waals surface area contributed by atoms with Crippen LogP contribution in [0.25, 0.3) is 0 Å². The highest BCUT2D eigenvalue weighted by Crippen LogP contribution is 2.20. The average molecular weight is 253 g/mol. The zero-order chi connectivity index (χ0) is 13.4. The molecule has 0 aromatic heterocycles. The van der Waals surface area contributed by atoms with Crippen LogP contribution in [0.2, 0.25) is 0 Å². The van der Waals surface area contributed by atoms with E-state index in [-0.39, 0.29) is 11.9 Å². The molecule has 1 atom stereocenters. The molecule has 0 aliphatic carbocycles. The zero-order valence-corrected chi connectivity index (χ0v) is 11.6. The van der Waals surface area contributed by atoms with Crippen molar-refractivity contribution in [1.82, 2.24) is 5.32 Å². The van der Waals surface area contributed by atoms with Crippen molar-refractivity contribution in [2.24, 2.45) is 0 Å². The molecule has 1 aromatic carbocycles. The zero-order valence-electron chi connectivity index (χ0n) is 11.6. The van der Waals surface area contributed by atoms with Crippen LogP contribution in [0.1, 0.15) is 38.7 Å². The molecule has 0 bridgehead atoms. The van der Waals surface area contributed by atoms with Gasteiger partial charge in [0.05, 0.1) is 6.10 Å². The normalized spacial score (nSPS) is 12.4. The number of benzene rings is 1. The van der Waals surface area contributed by atoms with E-state index in [0.29, 0.717) is 0 Å². The van der Waals surface area contributed by atoms with Gasteiger partial charge in [0.25, 0.3) is 0 Å². The monoisotopic (exact) mass is 253 g/mol. The van der Waals surface area contributed by atoms with Crippen LogP contribution >= 0.6 is 0 Å². The van der Waals surface area contributed by atoms with E-state index in [1.165, 1.54) is 18.6 Å². The molecule has 0 heterocycles. The number of ether oxygens (including phenoxy) is 1. The Balaban J connectivity index is 2.28. The molecule has 0 aliphatic rings. The lowest BCUT2D eigenvalue weighted by atomic mass is 10.2. The van der Waals surface area contributed by atoms with Crippen LogP contribution in [-0.2, 0) is 0 Å². The third kappa shape index (κ3) is 5.50. The first-order valence-electron chi connectivity index (χ1n) is 6.77. The Kier molecular flexibility index (Phi) is 6.73. The predicted octanol–water partition coefficient (Wildman–Crippen LogP) is 3.68. The van der Waals surface area contributed by atoms with Gasteiger partial charge in [0.1, 0.15) is 11.6 Å². The fourth-order valence-electron chi connectivity index (χ4n) is 1.84. The Morgan fingerprint density at radius 2 is 2.11 bits per heavy atom. The molecule has 3 heteroatoms. The van der Waals surface area contributed by atoms with Crippen molar-refractivity contribution in [2.45, 2.75) is 46.1 Å². The molecule has 0 spiro atoms. The van der Waals surface area contributed by atoms with Crippen LogP contribution in [0, 0.1) is 12.7 Å². The maximum atomic E-state index is 12.9. The minimum Gasteiger partial charge on any atom is -0.490 e. The predicted molar refractivity (Wildman–Crippen MR) is 73.6 cm³/mol. The van der Waals surface area contributed by atoms with Crippen molar-refractivity contribution in [2.75, 3.05) is 13.1 Å². The summed E-state index contributed by atoms with van der Waals surface area (Å²) in [7, 11) is 0. The van der Waals surface area contributed by atoms with E-state index < -0.39 is 0 Å². The average Bonchev–Trinajstić information content (AvgIpc) is 2.32. The van der Waals surface area contributed by atoms with Gasteiger partial charge in [-0.3, -0.25) is 0 Å². The van der Waals surface area contributed by atoms with Gasteiger partial charge in [-0.15, -0.1) is 0 Å². The second-order valence-corrected chi connectivity index (χ2v) is 4.73. The molecule has 0 saturated heterocycles. The summed E-state index contributed by atoms with van der Waals surface area (Å²) < 4.78 is 18.8. The van der Waals surface area contributed by atoms with Crippen LogP contribution in [-0.4, -0.2) is 19.2 Å². The Labute approximate surface area is 110 Å². The number of rotatable bonds is 8. The fraction of sp³-hybridized carbons (Fsp3) is 0.600. The van der Waals surface area contributed by atoms with E-state index in [1.807, 2.05) is 6.92 Å². The minimum absolute atomic E-state index is 0.164. The summed E-state index contributed by atoms with van der Waals surface area (Å²) in [5.74, 6) is 0.571. The van der Waals surface area contributed by atoms with Crippen molar-refractivity contribution in [1.29, 1.82) is 0 Å². The summed E-state index contributed by atoms with van der Waals surface area (Å²) in [4.78, 5) is 0. The number of hydrogen-bond acceptors (Lipinski definition) is 2. The molecule has 1 rings (SSSR count). The first kappa shape index (κ1) is 15.0. The van der Waals surface area contributed by atoms with Crippen molar-refractivity contribution in [3.8, 4) is 5.75 Å². The van der Waals surface area contributed by atoms with Gasteiger partial charge in [0.2, 0.25) is 0 Å². The van der Waals surface area contributed by atoms with Crippen LogP contribution in [0.5, 0.6) is 5.75 Å². The summed E-state index contributed by atoms with van der Waals surface area (Å²) >= 11 is 0. The summed E-state index contributed by atoms with van der Waals surface area (Å²) in [5.41, 5.74) is 0.853. The molecule has 102 valence electrons. The summed E-state index contributed by atoms with van der Waals surface area (Å²) in [6, 6.07) is 4.65. The van der Waals surface area contributed by atoms with E-state index in [0.717, 1.165) is 37.2 Å². The smallest absolute Gasteiger partial charge is 0.123 e. The van der Waals surface area contributed by atoms with Gasteiger partial charge < -0.3 is 10.1 Å². The molecule has 2 nitrogen and oxygen atoms in total. The molecule has 18 heavy (non-hydrogen) atoms. The molecule has 0 aliphatic heterocycles. The topological polar surface area (TPSA) is 21.3 Å². The van der Waals surface area contributed by atoms with Gasteiger partial charge in [-0.05, 0) is 70.0 Å². The van der Waals surface area contributed by atoms with Gasteiger partial charge in [0, 0.05) is 0 Å². The quantitative estimate of drug-likeness (QED) is 0.714. The number of nitrogens with one attached hydrogen (secondary N) is 1. The van der Waals surface area contributed by atoms with Gasteiger partial charge in [-0.25, -0.2) is 4.39 Å². The highest BCUT2D eigenvalue weighted by molar-refractivity contribution is 5.32. The van der Waals surface area contributed by atoms with Crippen LogP contribution in [0.4, 0.5) is 4.39 Å². The van der Waals surface area contributed by atoms with E-state index in [2.05, 4.69) is 19.2 Å². The molecule has 1 unspecified atom stereocenters. The van der Waals surface area contributed by atoms with Gasteiger partial charge in [-0.2, -0.15) is 0 Å². The molecular formula is C15H24FNO. The maximum Gasteiger partial charge on any atom is 0.123 e. The van der Waals surface area contributed by atoms with Crippen molar-refractivity contribution < 1.29 is 9.13 Å². The maximum absolute atomic E-state index is 12.9.